The van der Waals surface area contributed by atoms with E-state index >= 15 is 0 Å². The maximum atomic E-state index is 12.1. The summed E-state index contributed by atoms with van der Waals surface area (Å²) in [7, 11) is -3.48. The van der Waals surface area contributed by atoms with E-state index in [0.717, 1.165) is 19.3 Å². The lowest BCUT2D eigenvalue weighted by Crippen LogP contribution is -2.45. The van der Waals surface area contributed by atoms with E-state index in [2.05, 4.69) is 0 Å². The number of piperidine rings is 1. The van der Waals surface area contributed by atoms with Gasteiger partial charge in [0.2, 0.25) is 0 Å². The Kier molecular flexibility index (Phi) is 3.50. The molecule has 2 aliphatic rings. The van der Waals surface area contributed by atoms with Gasteiger partial charge in [-0.1, -0.05) is 6.42 Å². The van der Waals surface area contributed by atoms with Gasteiger partial charge in [0.05, 0.1) is 12.2 Å². The minimum atomic E-state index is -3.48. The van der Waals surface area contributed by atoms with Crippen molar-refractivity contribution in [2.24, 2.45) is 0 Å². The summed E-state index contributed by atoms with van der Waals surface area (Å²) >= 11 is 0. The number of β-amino-alcohol motifs (C(OH)–C–C–N with tert-alkyl or cyclic N) is 2. The Morgan fingerprint density at radius 3 is 1.88 bits per heavy atom. The van der Waals surface area contributed by atoms with Gasteiger partial charge in [-0.3, -0.25) is 0 Å². The lowest BCUT2D eigenvalue weighted by Gasteiger charge is -2.29. The standard InChI is InChI=1S/C9H18N2O4S/c12-8-6-11(7-9(8)13)16(14,15)10-4-2-1-3-5-10/h8-9,12-13H,1-7H2. The molecule has 0 aromatic heterocycles. The van der Waals surface area contributed by atoms with Crippen LogP contribution in [-0.2, 0) is 10.2 Å². The van der Waals surface area contributed by atoms with Crippen LogP contribution in [0.4, 0.5) is 0 Å². The summed E-state index contributed by atoms with van der Waals surface area (Å²) in [5.41, 5.74) is 0. The van der Waals surface area contributed by atoms with E-state index in [9.17, 15) is 18.6 Å². The van der Waals surface area contributed by atoms with Crippen LogP contribution in [0.2, 0.25) is 0 Å². The molecule has 2 unspecified atom stereocenters. The highest BCUT2D eigenvalue weighted by molar-refractivity contribution is 7.86. The third-order valence-corrected chi connectivity index (χ3v) is 5.16. The molecule has 0 aromatic carbocycles. The van der Waals surface area contributed by atoms with Crippen molar-refractivity contribution in [1.29, 1.82) is 0 Å². The molecule has 0 aliphatic carbocycles. The molecule has 2 saturated heterocycles. The Morgan fingerprint density at radius 1 is 0.875 bits per heavy atom. The van der Waals surface area contributed by atoms with Gasteiger partial charge in [0.25, 0.3) is 10.2 Å². The van der Waals surface area contributed by atoms with Crippen LogP contribution in [0.3, 0.4) is 0 Å². The Bertz CT molecular complexity index is 329. The van der Waals surface area contributed by atoms with Crippen LogP contribution in [0.1, 0.15) is 19.3 Å². The summed E-state index contributed by atoms with van der Waals surface area (Å²) in [6.07, 6.45) is 0.923. The van der Waals surface area contributed by atoms with E-state index in [1.165, 1.54) is 8.61 Å². The first-order valence-corrected chi connectivity index (χ1v) is 7.03. The molecule has 7 heteroatoms. The van der Waals surface area contributed by atoms with Crippen molar-refractivity contribution in [3.63, 3.8) is 0 Å². The second-order valence-corrected chi connectivity index (χ2v) is 6.35. The number of hydrogen-bond donors (Lipinski definition) is 2. The third-order valence-electron chi connectivity index (χ3n) is 3.19. The summed E-state index contributed by atoms with van der Waals surface area (Å²) < 4.78 is 26.8. The smallest absolute Gasteiger partial charge is 0.282 e. The van der Waals surface area contributed by atoms with Gasteiger partial charge in [0.15, 0.2) is 0 Å². The number of hydrogen-bond acceptors (Lipinski definition) is 4. The van der Waals surface area contributed by atoms with Gasteiger partial charge in [0, 0.05) is 26.2 Å². The molecule has 94 valence electrons. The van der Waals surface area contributed by atoms with Crippen LogP contribution >= 0.6 is 0 Å². The normalized spacial score (nSPS) is 34.4. The molecule has 2 fully saturated rings. The van der Waals surface area contributed by atoms with Gasteiger partial charge < -0.3 is 10.2 Å². The van der Waals surface area contributed by atoms with E-state index in [1.807, 2.05) is 0 Å². The van der Waals surface area contributed by atoms with Gasteiger partial charge in [-0.25, -0.2) is 0 Å². The minimum Gasteiger partial charge on any atom is -0.389 e. The quantitative estimate of drug-likeness (QED) is 0.642. The number of nitrogens with zero attached hydrogens (tertiary/aromatic N) is 2. The molecule has 6 nitrogen and oxygen atoms in total. The minimum absolute atomic E-state index is 0.000000000000000222. The fourth-order valence-corrected chi connectivity index (χ4v) is 3.91. The Hall–Kier alpha value is -0.210. The number of aliphatic hydroxyl groups is 2. The average Bonchev–Trinajstić information content (AvgIpc) is 2.61. The van der Waals surface area contributed by atoms with E-state index < -0.39 is 22.4 Å². The molecule has 2 atom stereocenters. The number of rotatable bonds is 2. The van der Waals surface area contributed by atoms with E-state index in [0.29, 0.717) is 13.1 Å². The molecule has 0 radical (unpaired) electrons. The predicted molar refractivity (Wildman–Crippen MR) is 57.9 cm³/mol. The summed E-state index contributed by atoms with van der Waals surface area (Å²) in [5, 5.41) is 18.7. The van der Waals surface area contributed by atoms with Crippen molar-refractivity contribution in [3.8, 4) is 0 Å². The predicted octanol–water partition coefficient (Wildman–Crippen LogP) is -1.25. The molecule has 0 aromatic rings. The molecule has 0 bridgehead atoms. The zero-order valence-electron chi connectivity index (χ0n) is 9.12. The molecule has 16 heavy (non-hydrogen) atoms. The van der Waals surface area contributed by atoms with Crippen LogP contribution in [-0.4, -0.2) is 65.6 Å². The van der Waals surface area contributed by atoms with E-state index in [4.69, 9.17) is 0 Å². The molecule has 2 heterocycles. The zero-order chi connectivity index (χ0) is 11.8. The molecule has 0 amide bonds. The highest BCUT2D eigenvalue weighted by Crippen LogP contribution is 2.20. The van der Waals surface area contributed by atoms with Gasteiger partial charge in [-0.15, -0.1) is 0 Å². The monoisotopic (exact) mass is 250 g/mol. The maximum absolute atomic E-state index is 12.1. The molecule has 2 aliphatic heterocycles. The zero-order valence-corrected chi connectivity index (χ0v) is 9.93. The van der Waals surface area contributed by atoms with Crippen LogP contribution in [0.15, 0.2) is 0 Å². The fourth-order valence-electron chi connectivity index (χ4n) is 2.18. The first kappa shape index (κ1) is 12.3. The highest BCUT2D eigenvalue weighted by atomic mass is 32.2. The molecular weight excluding hydrogens is 232 g/mol. The van der Waals surface area contributed by atoms with Gasteiger partial charge in [-0.2, -0.15) is 17.0 Å². The average molecular weight is 250 g/mol. The summed E-state index contributed by atoms with van der Waals surface area (Å²) in [5.74, 6) is 0. The SMILES string of the molecule is O=S(=O)(N1CCCCC1)N1CC(O)C(O)C1. The largest absolute Gasteiger partial charge is 0.389 e. The first-order valence-electron chi connectivity index (χ1n) is 5.63. The third kappa shape index (κ3) is 2.23. The van der Waals surface area contributed by atoms with E-state index in [-0.39, 0.29) is 13.1 Å². The molecule has 0 saturated carbocycles. The van der Waals surface area contributed by atoms with Crippen LogP contribution in [0.25, 0.3) is 0 Å². The van der Waals surface area contributed by atoms with Crippen LogP contribution < -0.4 is 0 Å². The van der Waals surface area contributed by atoms with Crippen molar-refractivity contribution in [2.75, 3.05) is 26.2 Å². The number of aliphatic hydroxyl groups excluding tert-OH is 2. The van der Waals surface area contributed by atoms with E-state index in [1.54, 1.807) is 0 Å². The van der Waals surface area contributed by atoms with Crippen molar-refractivity contribution >= 4 is 10.2 Å². The molecule has 0 spiro atoms. The first-order chi connectivity index (χ1) is 7.51. The fraction of sp³-hybridized carbons (Fsp3) is 1.00. The molecule has 2 rings (SSSR count). The van der Waals surface area contributed by atoms with Crippen molar-refractivity contribution < 1.29 is 18.6 Å². The topological polar surface area (TPSA) is 81.1 Å². The van der Waals surface area contributed by atoms with Crippen molar-refractivity contribution in [2.45, 2.75) is 31.5 Å². The second-order valence-electron chi connectivity index (χ2n) is 4.42. The van der Waals surface area contributed by atoms with Crippen molar-refractivity contribution in [1.82, 2.24) is 8.61 Å². The Morgan fingerprint density at radius 2 is 1.38 bits per heavy atom. The maximum Gasteiger partial charge on any atom is 0.282 e. The lowest BCUT2D eigenvalue weighted by atomic mass is 10.2. The van der Waals surface area contributed by atoms with Gasteiger partial charge >= 0.3 is 0 Å². The summed E-state index contributed by atoms with van der Waals surface area (Å²) in [6.45, 7) is 1.09. The summed E-state index contributed by atoms with van der Waals surface area (Å²) in [6, 6.07) is 0. The van der Waals surface area contributed by atoms with Gasteiger partial charge in [-0.05, 0) is 12.8 Å². The molecular formula is C9H18N2O4S. The van der Waals surface area contributed by atoms with Gasteiger partial charge in [0.1, 0.15) is 0 Å². The highest BCUT2D eigenvalue weighted by Gasteiger charge is 2.39. The van der Waals surface area contributed by atoms with Crippen molar-refractivity contribution in [3.05, 3.63) is 0 Å². The Labute approximate surface area is 95.7 Å². The Balaban J connectivity index is 2.07. The summed E-state index contributed by atoms with van der Waals surface area (Å²) in [4.78, 5) is 0. The second kappa shape index (κ2) is 4.58. The van der Waals surface area contributed by atoms with Crippen LogP contribution in [0.5, 0.6) is 0 Å². The lowest BCUT2D eigenvalue weighted by molar-refractivity contribution is 0.0572. The molecule has 2 N–H and O–H groups in total. The van der Waals surface area contributed by atoms with Crippen LogP contribution in [0, 0.1) is 0 Å².